The van der Waals surface area contributed by atoms with Crippen molar-refractivity contribution in [2.24, 2.45) is 0 Å². The predicted molar refractivity (Wildman–Crippen MR) is 305 cm³/mol. The first-order valence-corrected chi connectivity index (χ1v) is 32.2. The molecule has 0 rings (SSSR count). The van der Waals surface area contributed by atoms with Crippen molar-refractivity contribution >= 4 is 13.7 Å². The number of carbonyl (C=O) groups excluding carboxylic acids is 1. The Morgan fingerprint density at radius 3 is 1.17 bits per heavy atom. The highest BCUT2D eigenvalue weighted by Crippen LogP contribution is 2.43. The fourth-order valence-electron chi connectivity index (χ4n) is 9.37. The van der Waals surface area contributed by atoms with Crippen molar-refractivity contribution in [2.75, 3.05) is 40.9 Å². The number of allylic oxidation sites excluding steroid dienone is 4. The van der Waals surface area contributed by atoms with E-state index in [4.69, 9.17) is 9.05 Å². The number of quaternary nitrogens is 1. The number of hydrogen-bond acceptors (Lipinski definition) is 5. The van der Waals surface area contributed by atoms with Crippen molar-refractivity contribution < 1.29 is 32.9 Å². The Balaban J connectivity index is 4.12. The molecule has 3 N–H and O–H groups in total. The average molecular weight is 1010 g/mol. The summed E-state index contributed by atoms with van der Waals surface area (Å²) >= 11 is 0. The Morgan fingerprint density at radius 2 is 0.814 bits per heavy atom. The van der Waals surface area contributed by atoms with Crippen LogP contribution in [0.25, 0.3) is 0 Å². The Kier molecular flexibility index (Phi) is 52.1. The van der Waals surface area contributed by atoms with E-state index < -0.39 is 20.0 Å². The lowest BCUT2D eigenvalue weighted by atomic mass is 10.0. The summed E-state index contributed by atoms with van der Waals surface area (Å²) in [6.07, 6.45) is 66.7. The summed E-state index contributed by atoms with van der Waals surface area (Å²) in [5, 5.41) is 14.1. The molecule has 0 aromatic rings. The van der Waals surface area contributed by atoms with Gasteiger partial charge < -0.3 is 19.8 Å². The maximum absolute atomic E-state index is 13.0. The van der Waals surface area contributed by atoms with Crippen LogP contribution in [0.5, 0.6) is 0 Å². The van der Waals surface area contributed by atoms with E-state index in [1.807, 2.05) is 21.1 Å². The largest absolute Gasteiger partial charge is 0.472 e. The van der Waals surface area contributed by atoms with Gasteiger partial charge in [0.1, 0.15) is 13.2 Å². The highest BCUT2D eigenvalue weighted by atomic mass is 31.2. The van der Waals surface area contributed by atoms with E-state index in [0.29, 0.717) is 23.9 Å². The standard InChI is InChI=1S/C61H121N2O6P/c1-6-8-10-12-14-16-18-20-22-24-26-28-29-30-31-32-33-35-37-39-41-43-45-47-49-51-53-55-61(65)62-59(58-69-70(66,67)68-57-56-63(3,4)5)60(64)54-52-50-48-46-44-42-40-38-36-34-27-25-23-21-19-17-15-13-11-9-7-2/h26,28,30-31,59-60,64H,6-25,27,29,32-58H2,1-5H3,(H-,62,65,66,67)/p+1/b28-26-,31-30-. The summed E-state index contributed by atoms with van der Waals surface area (Å²) < 4.78 is 23.8. The monoisotopic (exact) mass is 1010 g/mol. The van der Waals surface area contributed by atoms with Gasteiger partial charge in [0.2, 0.25) is 5.91 Å². The number of carbonyl (C=O) groups is 1. The zero-order valence-corrected chi connectivity index (χ0v) is 48.4. The number of aliphatic hydroxyl groups is 1. The number of likely N-dealkylation sites (N-methyl/N-ethyl adjacent to an activating group) is 1. The minimum absolute atomic E-state index is 0.0758. The molecule has 0 aliphatic heterocycles. The van der Waals surface area contributed by atoms with Gasteiger partial charge in [-0.1, -0.05) is 282 Å². The van der Waals surface area contributed by atoms with E-state index >= 15 is 0 Å². The van der Waals surface area contributed by atoms with Crippen molar-refractivity contribution in [3.8, 4) is 0 Å². The van der Waals surface area contributed by atoms with Gasteiger partial charge in [0.05, 0.1) is 39.9 Å². The van der Waals surface area contributed by atoms with Gasteiger partial charge in [0.25, 0.3) is 0 Å². The Labute approximate surface area is 436 Å². The SMILES string of the molecule is CCCCCCCCCCC/C=C\C/C=C\CCCCCCCCCCCCCC(=O)NC(COP(=O)(O)OCC[N+](C)(C)C)C(O)CCCCCCCCCCCCCCCCCCCCCCC. The number of nitrogens with zero attached hydrogens (tertiary/aromatic N) is 1. The fraction of sp³-hybridized carbons (Fsp3) is 0.918. The first kappa shape index (κ1) is 69.0. The lowest BCUT2D eigenvalue weighted by Gasteiger charge is -2.26. The van der Waals surface area contributed by atoms with Gasteiger partial charge in [-0.05, 0) is 44.9 Å². The van der Waals surface area contributed by atoms with Crippen molar-refractivity contribution in [1.29, 1.82) is 0 Å². The molecule has 0 heterocycles. The van der Waals surface area contributed by atoms with Gasteiger partial charge in [-0.25, -0.2) is 4.57 Å². The molecular weight excluding hydrogens is 888 g/mol. The number of phosphoric acid groups is 1. The van der Waals surface area contributed by atoms with E-state index in [1.54, 1.807) is 0 Å². The summed E-state index contributed by atoms with van der Waals surface area (Å²) in [7, 11) is 1.63. The van der Waals surface area contributed by atoms with E-state index in [1.165, 1.54) is 238 Å². The van der Waals surface area contributed by atoms with Crippen LogP contribution >= 0.6 is 7.82 Å². The van der Waals surface area contributed by atoms with Crippen LogP contribution in [0.4, 0.5) is 0 Å². The molecule has 0 bridgehead atoms. The molecule has 8 nitrogen and oxygen atoms in total. The lowest BCUT2D eigenvalue weighted by Crippen LogP contribution is -2.46. The summed E-state index contributed by atoms with van der Waals surface area (Å²) in [5.41, 5.74) is 0. The molecule has 0 aromatic heterocycles. The van der Waals surface area contributed by atoms with Crippen molar-refractivity contribution in [3.05, 3.63) is 24.3 Å². The Bertz CT molecular complexity index is 1190. The van der Waals surface area contributed by atoms with E-state index in [-0.39, 0.29) is 19.1 Å². The Hall–Kier alpha value is -1.02. The second-order valence-corrected chi connectivity index (χ2v) is 23.9. The highest BCUT2D eigenvalue weighted by molar-refractivity contribution is 7.47. The number of rotatable bonds is 57. The topological polar surface area (TPSA) is 105 Å². The van der Waals surface area contributed by atoms with Gasteiger partial charge in [-0.15, -0.1) is 0 Å². The van der Waals surface area contributed by atoms with Crippen LogP contribution in [0.2, 0.25) is 0 Å². The molecule has 0 saturated carbocycles. The third kappa shape index (κ3) is 54.7. The van der Waals surface area contributed by atoms with E-state index in [2.05, 4.69) is 43.5 Å². The average Bonchev–Trinajstić information content (AvgIpc) is 3.32. The normalized spacial score (nSPS) is 14.0. The molecule has 0 aromatic carbocycles. The minimum atomic E-state index is -4.32. The van der Waals surface area contributed by atoms with E-state index in [9.17, 15) is 19.4 Å². The summed E-state index contributed by atoms with van der Waals surface area (Å²) in [6.45, 7) is 4.93. The molecule has 0 saturated heterocycles. The number of phosphoric ester groups is 1. The molecule has 0 fully saturated rings. The van der Waals surface area contributed by atoms with Crippen LogP contribution in [-0.4, -0.2) is 73.4 Å². The van der Waals surface area contributed by atoms with Gasteiger partial charge in [-0.2, -0.15) is 0 Å². The van der Waals surface area contributed by atoms with Gasteiger partial charge in [0, 0.05) is 6.42 Å². The highest BCUT2D eigenvalue weighted by Gasteiger charge is 2.28. The molecule has 1 amide bonds. The summed E-state index contributed by atoms with van der Waals surface area (Å²) in [5.74, 6) is -0.142. The number of aliphatic hydroxyl groups excluding tert-OH is 1. The molecule has 0 aliphatic rings. The molecule has 70 heavy (non-hydrogen) atoms. The van der Waals surface area contributed by atoms with Gasteiger partial charge in [-0.3, -0.25) is 13.8 Å². The lowest BCUT2D eigenvalue weighted by molar-refractivity contribution is -0.870. The zero-order valence-electron chi connectivity index (χ0n) is 47.5. The third-order valence-electron chi connectivity index (χ3n) is 14.2. The predicted octanol–water partition coefficient (Wildman–Crippen LogP) is 18.8. The molecule has 0 spiro atoms. The van der Waals surface area contributed by atoms with Crippen molar-refractivity contribution in [1.82, 2.24) is 5.32 Å². The maximum Gasteiger partial charge on any atom is 0.472 e. The quantitative estimate of drug-likeness (QED) is 0.0243. The van der Waals surface area contributed by atoms with Crippen LogP contribution in [0.1, 0.15) is 309 Å². The molecule has 9 heteroatoms. The van der Waals surface area contributed by atoms with Gasteiger partial charge in [0.15, 0.2) is 0 Å². The number of nitrogens with one attached hydrogen (secondary N) is 1. The molecule has 416 valence electrons. The summed E-state index contributed by atoms with van der Waals surface area (Å²) in [4.78, 5) is 23.4. The summed E-state index contributed by atoms with van der Waals surface area (Å²) in [6, 6.07) is -0.761. The smallest absolute Gasteiger partial charge is 0.391 e. The van der Waals surface area contributed by atoms with Crippen molar-refractivity contribution in [2.45, 2.75) is 321 Å². The fourth-order valence-corrected chi connectivity index (χ4v) is 10.1. The Morgan fingerprint density at radius 1 is 0.486 bits per heavy atom. The second-order valence-electron chi connectivity index (χ2n) is 22.4. The van der Waals surface area contributed by atoms with Crippen LogP contribution < -0.4 is 5.32 Å². The molecule has 3 unspecified atom stereocenters. The number of hydrogen-bond donors (Lipinski definition) is 3. The van der Waals surface area contributed by atoms with E-state index in [0.717, 1.165) is 44.9 Å². The van der Waals surface area contributed by atoms with Crippen LogP contribution in [0.15, 0.2) is 24.3 Å². The second kappa shape index (κ2) is 52.8. The van der Waals surface area contributed by atoms with Crippen molar-refractivity contribution in [3.63, 3.8) is 0 Å². The third-order valence-corrected chi connectivity index (χ3v) is 15.2. The number of unbranched alkanes of at least 4 members (excludes halogenated alkanes) is 40. The molecule has 0 radical (unpaired) electrons. The molecule has 0 aliphatic carbocycles. The first-order valence-electron chi connectivity index (χ1n) is 30.7. The first-order chi connectivity index (χ1) is 34.0. The minimum Gasteiger partial charge on any atom is -0.391 e. The molecular formula is C61H122N2O6P+. The van der Waals surface area contributed by atoms with Crippen LogP contribution in [0, 0.1) is 0 Å². The maximum atomic E-state index is 13.0. The molecule has 3 atom stereocenters. The van der Waals surface area contributed by atoms with Crippen LogP contribution in [-0.2, 0) is 18.4 Å². The zero-order chi connectivity index (χ0) is 51.3. The van der Waals surface area contributed by atoms with Crippen LogP contribution in [0.3, 0.4) is 0 Å². The van der Waals surface area contributed by atoms with Gasteiger partial charge >= 0.3 is 7.82 Å². The number of amides is 1.